The molecule has 1 N–H and O–H groups in total. The lowest BCUT2D eigenvalue weighted by Gasteiger charge is -2.35. The highest BCUT2D eigenvalue weighted by molar-refractivity contribution is 7.91. The zero-order valence-corrected chi connectivity index (χ0v) is 12.8. The van der Waals surface area contributed by atoms with Crippen LogP contribution in [-0.4, -0.2) is 38.4 Å². The minimum absolute atomic E-state index is 0.158. The van der Waals surface area contributed by atoms with Gasteiger partial charge in [0.05, 0.1) is 0 Å². The zero-order valence-electron chi connectivity index (χ0n) is 11.1. The number of piperidine rings is 1. The summed E-state index contributed by atoms with van der Waals surface area (Å²) in [6, 6.07) is 3.86. The number of rotatable bonds is 3. The van der Waals surface area contributed by atoms with Gasteiger partial charge in [0.1, 0.15) is 4.21 Å². The molecule has 0 bridgehead atoms. The summed E-state index contributed by atoms with van der Waals surface area (Å²) in [6.45, 7) is 4.49. The van der Waals surface area contributed by atoms with E-state index in [9.17, 15) is 8.42 Å². The standard InChI is InChI=1S/C13H20N2O2S2/c1-2-11-5-6-13(18-11)19(16,17)15-7-3-4-10-8-14-9-12(10)15/h5-6,10,12,14H,2-4,7-9H2,1H3/t10-,12+/m0/s1. The van der Waals surface area contributed by atoms with Crippen molar-refractivity contribution < 1.29 is 8.42 Å². The maximum Gasteiger partial charge on any atom is 0.252 e. The maximum atomic E-state index is 12.8. The van der Waals surface area contributed by atoms with Gasteiger partial charge in [-0.1, -0.05) is 6.92 Å². The van der Waals surface area contributed by atoms with Crippen molar-refractivity contribution in [1.29, 1.82) is 0 Å². The molecule has 1 aromatic rings. The summed E-state index contributed by atoms with van der Waals surface area (Å²) in [5.74, 6) is 0.495. The number of sulfonamides is 1. The molecule has 4 nitrogen and oxygen atoms in total. The highest BCUT2D eigenvalue weighted by Gasteiger charge is 2.41. The van der Waals surface area contributed by atoms with Gasteiger partial charge >= 0.3 is 0 Å². The van der Waals surface area contributed by atoms with E-state index in [1.165, 1.54) is 11.3 Å². The summed E-state index contributed by atoms with van der Waals surface area (Å²) in [5, 5.41) is 3.33. The molecule has 0 radical (unpaired) electrons. The molecule has 0 aromatic carbocycles. The van der Waals surface area contributed by atoms with Gasteiger partial charge in [-0.3, -0.25) is 0 Å². The second-order valence-electron chi connectivity index (χ2n) is 5.32. The predicted octanol–water partition coefficient (Wildman–Crippen LogP) is 1.68. The van der Waals surface area contributed by atoms with Crippen LogP contribution in [0.2, 0.25) is 0 Å². The number of aryl methyl sites for hydroxylation is 1. The van der Waals surface area contributed by atoms with Gasteiger partial charge in [0.15, 0.2) is 0 Å². The first-order valence-electron chi connectivity index (χ1n) is 6.94. The molecule has 1 aromatic heterocycles. The molecule has 0 spiro atoms. The Balaban J connectivity index is 1.90. The van der Waals surface area contributed by atoms with Gasteiger partial charge in [-0.15, -0.1) is 11.3 Å². The average Bonchev–Trinajstić information content (AvgIpc) is 3.06. The Hall–Kier alpha value is -0.430. The van der Waals surface area contributed by atoms with Crippen LogP contribution in [0.5, 0.6) is 0 Å². The number of nitrogens with one attached hydrogen (secondary N) is 1. The molecule has 2 aliphatic rings. The Kier molecular flexibility index (Phi) is 3.68. The number of fused-ring (bicyclic) bond motifs is 1. The molecular weight excluding hydrogens is 280 g/mol. The fraction of sp³-hybridized carbons (Fsp3) is 0.692. The van der Waals surface area contributed by atoms with Crippen molar-refractivity contribution in [1.82, 2.24) is 9.62 Å². The quantitative estimate of drug-likeness (QED) is 0.924. The Labute approximate surface area is 118 Å². The minimum Gasteiger partial charge on any atom is -0.315 e. The van der Waals surface area contributed by atoms with Gasteiger partial charge in [-0.2, -0.15) is 4.31 Å². The highest BCUT2D eigenvalue weighted by Crippen LogP contribution is 2.33. The number of nitrogens with zero attached hydrogens (tertiary/aromatic N) is 1. The van der Waals surface area contributed by atoms with Crippen molar-refractivity contribution in [3.05, 3.63) is 17.0 Å². The van der Waals surface area contributed by atoms with Crippen LogP contribution in [0, 0.1) is 5.92 Å². The summed E-state index contributed by atoms with van der Waals surface area (Å²) < 4.78 is 27.8. The molecule has 2 aliphatic heterocycles. The third-order valence-electron chi connectivity index (χ3n) is 4.18. The minimum atomic E-state index is -3.29. The normalized spacial score (nSPS) is 28.5. The van der Waals surface area contributed by atoms with Gasteiger partial charge in [0, 0.05) is 24.0 Å². The molecule has 0 aliphatic carbocycles. The van der Waals surface area contributed by atoms with Crippen molar-refractivity contribution in [2.75, 3.05) is 19.6 Å². The van der Waals surface area contributed by atoms with Crippen molar-refractivity contribution >= 4 is 21.4 Å². The van der Waals surface area contributed by atoms with E-state index >= 15 is 0 Å². The predicted molar refractivity (Wildman–Crippen MR) is 77.0 cm³/mol. The van der Waals surface area contributed by atoms with Gasteiger partial charge in [0.2, 0.25) is 0 Å². The lowest BCUT2D eigenvalue weighted by molar-refractivity contribution is 0.218. The van der Waals surface area contributed by atoms with Crippen molar-refractivity contribution in [2.24, 2.45) is 5.92 Å². The summed E-state index contributed by atoms with van der Waals surface area (Å²) in [7, 11) is -3.29. The largest absolute Gasteiger partial charge is 0.315 e. The molecule has 0 amide bonds. The number of thiophene rings is 1. The summed E-state index contributed by atoms with van der Waals surface area (Å²) in [4.78, 5) is 1.14. The lowest BCUT2D eigenvalue weighted by Crippen LogP contribution is -2.47. The van der Waals surface area contributed by atoms with Crippen LogP contribution in [0.15, 0.2) is 16.3 Å². The Bertz CT molecular complexity index is 553. The van der Waals surface area contributed by atoms with Crippen molar-refractivity contribution in [2.45, 2.75) is 36.4 Å². The molecule has 3 rings (SSSR count). The Morgan fingerprint density at radius 2 is 2.26 bits per heavy atom. The first kappa shape index (κ1) is 13.5. The molecular formula is C13H20N2O2S2. The zero-order chi connectivity index (χ0) is 13.5. The molecule has 106 valence electrons. The monoisotopic (exact) mass is 300 g/mol. The molecule has 2 fully saturated rings. The van der Waals surface area contributed by atoms with Crippen LogP contribution in [0.1, 0.15) is 24.6 Å². The smallest absolute Gasteiger partial charge is 0.252 e. The fourth-order valence-electron chi connectivity index (χ4n) is 3.13. The lowest BCUT2D eigenvalue weighted by atomic mass is 9.94. The van der Waals surface area contributed by atoms with E-state index < -0.39 is 10.0 Å². The molecule has 0 unspecified atom stereocenters. The summed E-state index contributed by atoms with van der Waals surface area (Å²) >= 11 is 1.42. The van der Waals surface area contributed by atoms with Crippen molar-refractivity contribution in [3.8, 4) is 0 Å². The van der Waals surface area contributed by atoms with E-state index in [0.29, 0.717) is 16.7 Å². The topological polar surface area (TPSA) is 49.4 Å². The van der Waals surface area contributed by atoms with Gasteiger partial charge in [-0.25, -0.2) is 8.42 Å². The average molecular weight is 300 g/mol. The molecule has 0 saturated carbocycles. The maximum absolute atomic E-state index is 12.8. The summed E-state index contributed by atoms with van der Waals surface area (Å²) in [5.41, 5.74) is 0. The summed E-state index contributed by atoms with van der Waals surface area (Å²) in [6.07, 6.45) is 3.02. The Morgan fingerprint density at radius 1 is 1.42 bits per heavy atom. The molecule has 6 heteroatoms. The first-order chi connectivity index (χ1) is 9.13. The Morgan fingerprint density at radius 3 is 3.00 bits per heavy atom. The molecule has 3 heterocycles. The molecule has 2 atom stereocenters. The third-order valence-corrected chi connectivity index (χ3v) is 7.80. The highest BCUT2D eigenvalue weighted by atomic mass is 32.2. The van der Waals surface area contributed by atoms with Crippen molar-refractivity contribution in [3.63, 3.8) is 0 Å². The van der Waals surface area contributed by atoms with Crippen LogP contribution in [-0.2, 0) is 16.4 Å². The van der Waals surface area contributed by atoms with Gasteiger partial charge < -0.3 is 5.32 Å². The fourth-order valence-corrected chi connectivity index (χ4v) is 6.27. The van der Waals surface area contributed by atoms with Crippen LogP contribution >= 0.6 is 11.3 Å². The van der Waals surface area contributed by atoms with Crippen LogP contribution in [0.25, 0.3) is 0 Å². The number of hydrogen-bond acceptors (Lipinski definition) is 4. The van der Waals surface area contributed by atoms with E-state index in [0.717, 1.165) is 37.2 Å². The SMILES string of the molecule is CCc1ccc(S(=O)(=O)N2CCC[C@H]3CNC[C@H]32)s1. The van der Waals surface area contributed by atoms with Gasteiger partial charge in [-0.05, 0) is 43.9 Å². The van der Waals surface area contributed by atoms with E-state index in [1.54, 1.807) is 10.4 Å². The second-order valence-corrected chi connectivity index (χ2v) is 8.60. The third kappa shape index (κ3) is 2.35. The molecule has 2 saturated heterocycles. The van der Waals surface area contributed by atoms with E-state index in [4.69, 9.17) is 0 Å². The van der Waals surface area contributed by atoms with Crippen LogP contribution in [0.4, 0.5) is 0 Å². The van der Waals surface area contributed by atoms with E-state index in [2.05, 4.69) is 12.2 Å². The van der Waals surface area contributed by atoms with Crippen LogP contribution < -0.4 is 5.32 Å². The van der Waals surface area contributed by atoms with E-state index in [-0.39, 0.29) is 6.04 Å². The first-order valence-corrected chi connectivity index (χ1v) is 9.20. The molecule has 19 heavy (non-hydrogen) atoms. The van der Waals surface area contributed by atoms with E-state index in [1.807, 2.05) is 6.07 Å². The second kappa shape index (κ2) is 5.16. The number of hydrogen-bond donors (Lipinski definition) is 1. The van der Waals surface area contributed by atoms with Gasteiger partial charge in [0.25, 0.3) is 10.0 Å². The van der Waals surface area contributed by atoms with Crippen LogP contribution in [0.3, 0.4) is 0 Å².